The second-order valence-electron chi connectivity index (χ2n) is 3.71. The number of hydrogen-bond donors (Lipinski definition) is 0. The maximum atomic E-state index is 8.80. The van der Waals surface area contributed by atoms with Gasteiger partial charge in [-0.25, -0.2) is 0 Å². The van der Waals surface area contributed by atoms with Crippen molar-refractivity contribution in [3.05, 3.63) is 34.9 Å². The SMILES string of the molecule is CCN1CCc2ccc(C#N)cc2C1. The zero-order chi connectivity index (χ0) is 9.97. The molecule has 0 bridgehead atoms. The Kier molecular flexibility index (Phi) is 2.51. The summed E-state index contributed by atoms with van der Waals surface area (Å²) in [6, 6.07) is 8.23. The average Bonchev–Trinajstić information content (AvgIpc) is 2.27. The standard InChI is InChI=1S/C12H14N2/c1-2-14-6-5-11-4-3-10(8-13)7-12(11)9-14/h3-4,7H,2,5-6,9H2,1H3. The molecule has 1 aliphatic rings. The lowest BCUT2D eigenvalue weighted by molar-refractivity contribution is 0.268. The van der Waals surface area contributed by atoms with Crippen molar-refractivity contribution in [2.24, 2.45) is 0 Å². The molecule has 0 unspecified atom stereocenters. The van der Waals surface area contributed by atoms with E-state index in [1.807, 2.05) is 12.1 Å². The highest BCUT2D eigenvalue weighted by Gasteiger charge is 2.14. The number of likely N-dealkylation sites (N-methyl/N-ethyl adjacent to an activating group) is 1. The number of fused-ring (bicyclic) bond motifs is 1. The van der Waals surface area contributed by atoms with Crippen molar-refractivity contribution in [2.75, 3.05) is 13.1 Å². The zero-order valence-corrected chi connectivity index (χ0v) is 8.45. The maximum Gasteiger partial charge on any atom is 0.0991 e. The molecule has 1 heterocycles. The van der Waals surface area contributed by atoms with Gasteiger partial charge in [0.2, 0.25) is 0 Å². The molecule has 0 atom stereocenters. The van der Waals surface area contributed by atoms with E-state index in [9.17, 15) is 0 Å². The van der Waals surface area contributed by atoms with Gasteiger partial charge < -0.3 is 0 Å². The van der Waals surface area contributed by atoms with E-state index in [0.717, 1.165) is 31.6 Å². The van der Waals surface area contributed by atoms with E-state index in [4.69, 9.17) is 5.26 Å². The number of nitriles is 1. The normalized spacial score (nSPS) is 16.0. The summed E-state index contributed by atoms with van der Waals surface area (Å²) in [5, 5.41) is 8.80. The molecule has 0 amide bonds. The van der Waals surface area contributed by atoms with Gasteiger partial charge in [-0.1, -0.05) is 13.0 Å². The Morgan fingerprint density at radius 3 is 3.00 bits per heavy atom. The molecular formula is C12H14N2. The van der Waals surface area contributed by atoms with Gasteiger partial charge in [-0.3, -0.25) is 4.90 Å². The predicted octanol–water partition coefficient (Wildman–Crippen LogP) is 1.94. The third-order valence-corrected chi connectivity index (χ3v) is 2.87. The lowest BCUT2D eigenvalue weighted by Gasteiger charge is -2.27. The Morgan fingerprint density at radius 2 is 2.29 bits per heavy atom. The van der Waals surface area contributed by atoms with E-state index in [1.165, 1.54) is 11.1 Å². The summed E-state index contributed by atoms with van der Waals surface area (Å²) < 4.78 is 0. The molecule has 1 aromatic carbocycles. The summed E-state index contributed by atoms with van der Waals surface area (Å²) in [5.74, 6) is 0. The van der Waals surface area contributed by atoms with Crippen molar-refractivity contribution in [2.45, 2.75) is 19.9 Å². The minimum absolute atomic E-state index is 0.779. The van der Waals surface area contributed by atoms with Gasteiger partial charge in [0.05, 0.1) is 11.6 Å². The largest absolute Gasteiger partial charge is 0.299 e. The molecule has 14 heavy (non-hydrogen) atoms. The molecule has 0 N–H and O–H groups in total. The van der Waals surface area contributed by atoms with E-state index >= 15 is 0 Å². The van der Waals surface area contributed by atoms with Gasteiger partial charge in [0.15, 0.2) is 0 Å². The number of nitrogens with zero attached hydrogens (tertiary/aromatic N) is 2. The van der Waals surface area contributed by atoms with Gasteiger partial charge in [-0.2, -0.15) is 5.26 Å². The third kappa shape index (κ3) is 1.64. The van der Waals surface area contributed by atoms with Crippen molar-refractivity contribution in [1.82, 2.24) is 4.90 Å². The summed E-state index contributed by atoms with van der Waals surface area (Å²) in [5.41, 5.74) is 3.52. The number of hydrogen-bond acceptors (Lipinski definition) is 2. The van der Waals surface area contributed by atoms with Crippen LogP contribution >= 0.6 is 0 Å². The van der Waals surface area contributed by atoms with Crippen LogP contribution in [0.5, 0.6) is 0 Å². The van der Waals surface area contributed by atoms with E-state index in [0.29, 0.717) is 0 Å². The van der Waals surface area contributed by atoms with Crippen LogP contribution in [0.3, 0.4) is 0 Å². The van der Waals surface area contributed by atoms with Crippen LogP contribution in [-0.4, -0.2) is 18.0 Å². The molecule has 0 radical (unpaired) electrons. The zero-order valence-electron chi connectivity index (χ0n) is 8.45. The fraction of sp³-hybridized carbons (Fsp3) is 0.417. The molecule has 2 heteroatoms. The fourth-order valence-electron chi connectivity index (χ4n) is 1.95. The molecule has 0 fully saturated rings. The minimum Gasteiger partial charge on any atom is -0.299 e. The van der Waals surface area contributed by atoms with Crippen LogP contribution in [0.25, 0.3) is 0 Å². The highest BCUT2D eigenvalue weighted by molar-refractivity contribution is 5.39. The smallest absolute Gasteiger partial charge is 0.0991 e. The lowest BCUT2D eigenvalue weighted by Crippen LogP contribution is -2.30. The first kappa shape index (κ1) is 9.23. The predicted molar refractivity (Wildman–Crippen MR) is 55.8 cm³/mol. The average molecular weight is 186 g/mol. The Bertz CT molecular complexity index is 376. The number of rotatable bonds is 1. The molecular weight excluding hydrogens is 172 g/mol. The van der Waals surface area contributed by atoms with E-state index in [1.54, 1.807) is 0 Å². The second-order valence-corrected chi connectivity index (χ2v) is 3.71. The maximum absolute atomic E-state index is 8.80. The quantitative estimate of drug-likeness (QED) is 0.670. The Labute approximate surface area is 84.8 Å². The van der Waals surface area contributed by atoms with Crippen LogP contribution in [0.4, 0.5) is 0 Å². The molecule has 2 rings (SSSR count). The molecule has 1 aliphatic heterocycles. The summed E-state index contributed by atoms with van der Waals surface area (Å²) in [7, 11) is 0. The van der Waals surface area contributed by atoms with Gasteiger partial charge in [0.25, 0.3) is 0 Å². The fourth-order valence-corrected chi connectivity index (χ4v) is 1.95. The topological polar surface area (TPSA) is 27.0 Å². The van der Waals surface area contributed by atoms with Crippen molar-refractivity contribution in [3.63, 3.8) is 0 Å². The van der Waals surface area contributed by atoms with Crippen molar-refractivity contribution in [3.8, 4) is 6.07 Å². The van der Waals surface area contributed by atoms with Crippen LogP contribution in [0.1, 0.15) is 23.6 Å². The van der Waals surface area contributed by atoms with Crippen LogP contribution < -0.4 is 0 Å². The molecule has 1 aromatic rings. The third-order valence-electron chi connectivity index (χ3n) is 2.87. The lowest BCUT2D eigenvalue weighted by atomic mass is 9.98. The van der Waals surface area contributed by atoms with Gasteiger partial charge in [-0.05, 0) is 36.2 Å². The Hall–Kier alpha value is -1.33. The summed E-state index contributed by atoms with van der Waals surface area (Å²) in [6.07, 6.45) is 1.12. The van der Waals surface area contributed by atoms with Crippen molar-refractivity contribution < 1.29 is 0 Å². The molecule has 72 valence electrons. The van der Waals surface area contributed by atoms with Crippen LogP contribution in [0.15, 0.2) is 18.2 Å². The summed E-state index contributed by atoms with van der Waals surface area (Å²) in [4.78, 5) is 2.41. The van der Waals surface area contributed by atoms with Gasteiger partial charge in [-0.15, -0.1) is 0 Å². The van der Waals surface area contributed by atoms with Crippen LogP contribution in [-0.2, 0) is 13.0 Å². The first-order chi connectivity index (χ1) is 6.83. The second kappa shape index (κ2) is 3.81. The van der Waals surface area contributed by atoms with Crippen LogP contribution in [0, 0.1) is 11.3 Å². The summed E-state index contributed by atoms with van der Waals surface area (Å²) >= 11 is 0. The molecule has 0 saturated carbocycles. The molecule has 0 aromatic heterocycles. The minimum atomic E-state index is 0.779. The van der Waals surface area contributed by atoms with Gasteiger partial charge in [0.1, 0.15) is 0 Å². The molecule has 0 spiro atoms. The number of benzene rings is 1. The van der Waals surface area contributed by atoms with Crippen molar-refractivity contribution in [1.29, 1.82) is 5.26 Å². The highest BCUT2D eigenvalue weighted by atomic mass is 15.1. The van der Waals surface area contributed by atoms with E-state index in [-0.39, 0.29) is 0 Å². The van der Waals surface area contributed by atoms with Gasteiger partial charge in [0, 0.05) is 13.1 Å². The first-order valence-corrected chi connectivity index (χ1v) is 5.07. The summed E-state index contributed by atoms with van der Waals surface area (Å²) in [6.45, 7) is 5.42. The Morgan fingerprint density at radius 1 is 1.43 bits per heavy atom. The van der Waals surface area contributed by atoms with E-state index < -0.39 is 0 Å². The van der Waals surface area contributed by atoms with Crippen LogP contribution in [0.2, 0.25) is 0 Å². The Balaban J connectivity index is 2.31. The van der Waals surface area contributed by atoms with Gasteiger partial charge >= 0.3 is 0 Å². The molecule has 0 saturated heterocycles. The highest BCUT2D eigenvalue weighted by Crippen LogP contribution is 2.19. The first-order valence-electron chi connectivity index (χ1n) is 5.07. The molecule has 0 aliphatic carbocycles. The molecule has 2 nitrogen and oxygen atoms in total. The van der Waals surface area contributed by atoms with E-state index in [2.05, 4.69) is 24.0 Å². The monoisotopic (exact) mass is 186 g/mol. The van der Waals surface area contributed by atoms with Crippen molar-refractivity contribution >= 4 is 0 Å².